The van der Waals surface area contributed by atoms with Crippen molar-refractivity contribution in [2.45, 2.75) is 26.2 Å². The van der Waals surface area contributed by atoms with Crippen molar-refractivity contribution in [3.8, 4) is 22.3 Å². The van der Waals surface area contributed by atoms with Crippen LogP contribution in [0, 0.1) is 6.92 Å². The van der Waals surface area contributed by atoms with Crippen LogP contribution in [-0.4, -0.2) is 7.05 Å². The van der Waals surface area contributed by atoms with Gasteiger partial charge in [0.05, 0.1) is 5.69 Å². The molecule has 1 aromatic heterocycles. The standard InChI is InChI=1S/C39H31NO/c1-24-12-5-6-13-26(24)32-23-34-37(29-16-8-7-14-27(29)32)31-21-20-25(22-33(31)39(34,2)3)40(4)35-18-11-17-30-28-15-9-10-19-36(28)41-38(30)35/h5-23H,1-4H3. The summed E-state index contributed by atoms with van der Waals surface area (Å²) in [6.07, 6.45) is 0. The fourth-order valence-electron chi connectivity index (χ4n) is 7.01. The Morgan fingerprint density at radius 2 is 1.29 bits per heavy atom. The third-order valence-corrected chi connectivity index (χ3v) is 9.23. The predicted octanol–water partition coefficient (Wildman–Crippen LogP) is 10.8. The number of hydrogen-bond donors (Lipinski definition) is 0. The van der Waals surface area contributed by atoms with E-state index in [2.05, 4.69) is 136 Å². The first-order chi connectivity index (χ1) is 19.9. The van der Waals surface area contributed by atoms with E-state index in [0.717, 1.165) is 33.3 Å². The lowest BCUT2D eigenvalue weighted by atomic mass is 9.80. The Balaban J connectivity index is 1.31. The maximum absolute atomic E-state index is 6.38. The van der Waals surface area contributed by atoms with Gasteiger partial charge in [0, 0.05) is 28.9 Å². The summed E-state index contributed by atoms with van der Waals surface area (Å²) < 4.78 is 6.38. The summed E-state index contributed by atoms with van der Waals surface area (Å²) >= 11 is 0. The molecular weight excluding hydrogens is 498 g/mol. The summed E-state index contributed by atoms with van der Waals surface area (Å²) in [6.45, 7) is 6.96. The van der Waals surface area contributed by atoms with Crippen molar-refractivity contribution in [3.05, 3.63) is 132 Å². The zero-order valence-corrected chi connectivity index (χ0v) is 23.8. The molecule has 0 spiro atoms. The number of benzene rings is 6. The number of furan rings is 1. The highest BCUT2D eigenvalue weighted by Gasteiger charge is 2.37. The summed E-state index contributed by atoms with van der Waals surface area (Å²) in [5, 5.41) is 4.93. The van der Waals surface area contributed by atoms with Gasteiger partial charge in [-0.2, -0.15) is 0 Å². The Hall–Kier alpha value is -4.82. The van der Waals surface area contributed by atoms with E-state index >= 15 is 0 Å². The van der Waals surface area contributed by atoms with E-state index in [9.17, 15) is 0 Å². The zero-order valence-electron chi connectivity index (χ0n) is 23.8. The van der Waals surface area contributed by atoms with Crippen LogP contribution >= 0.6 is 0 Å². The minimum absolute atomic E-state index is 0.144. The molecule has 41 heavy (non-hydrogen) atoms. The Labute approximate surface area is 240 Å². The normalized spacial score (nSPS) is 13.6. The molecular formula is C39H31NO. The number of anilines is 2. The number of nitrogens with zero attached hydrogens (tertiary/aromatic N) is 1. The van der Waals surface area contributed by atoms with Gasteiger partial charge in [0.15, 0.2) is 5.58 Å². The van der Waals surface area contributed by atoms with Crippen LogP contribution in [0.3, 0.4) is 0 Å². The van der Waals surface area contributed by atoms with Gasteiger partial charge in [0.1, 0.15) is 5.58 Å². The lowest BCUT2D eigenvalue weighted by molar-refractivity contribution is 0.661. The highest BCUT2D eigenvalue weighted by Crippen LogP contribution is 2.54. The van der Waals surface area contributed by atoms with Crippen molar-refractivity contribution in [3.63, 3.8) is 0 Å². The van der Waals surface area contributed by atoms with E-state index in [-0.39, 0.29) is 5.41 Å². The van der Waals surface area contributed by atoms with Gasteiger partial charge < -0.3 is 9.32 Å². The molecule has 0 bridgehead atoms. The number of aryl methyl sites for hydroxylation is 1. The smallest absolute Gasteiger partial charge is 0.159 e. The molecule has 0 radical (unpaired) electrons. The Morgan fingerprint density at radius 3 is 2.12 bits per heavy atom. The van der Waals surface area contributed by atoms with Crippen LogP contribution in [0.4, 0.5) is 11.4 Å². The monoisotopic (exact) mass is 529 g/mol. The van der Waals surface area contributed by atoms with E-state index in [1.807, 2.05) is 12.1 Å². The number of rotatable bonds is 3. The molecule has 7 aromatic rings. The van der Waals surface area contributed by atoms with Gasteiger partial charge >= 0.3 is 0 Å². The highest BCUT2D eigenvalue weighted by molar-refractivity contribution is 6.11. The summed E-state index contributed by atoms with van der Waals surface area (Å²) in [6, 6.07) is 41.8. The van der Waals surface area contributed by atoms with Crippen LogP contribution in [-0.2, 0) is 5.41 Å². The number of fused-ring (bicyclic) bond motifs is 8. The lowest BCUT2D eigenvalue weighted by Crippen LogP contribution is -2.16. The molecule has 1 heterocycles. The van der Waals surface area contributed by atoms with Crippen molar-refractivity contribution in [1.29, 1.82) is 0 Å². The molecule has 1 aliphatic carbocycles. The Bertz CT molecular complexity index is 2160. The van der Waals surface area contributed by atoms with E-state index < -0.39 is 0 Å². The molecule has 0 saturated heterocycles. The van der Waals surface area contributed by atoms with Crippen molar-refractivity contribution in [2.24, 2.45) is 0 Å². The summed E-state index contributed by atoms with van der Waals surface area (Å²) in [5.74, 6) is 0. The molecule has 1 aliphatic rings. The van der Waals surface area contributed by atoms with Crippen LogP contribution in [0.25, 0.3) is 55.0 Å². The van der Waals surface area contributed by atoms with E-state index in [1.54, 1.807) is 0 Å². The summed E-state index contributed by atoms with van der Waals surface area (Å²) in [5.41, 5.74) is 13.3. The Kier molecular flexibility index (Phi) is 5.03. The first kappa shape index (κ1) is 24.0. The first-order valence-corrected chi connectivity index (χ1v) is 14.3. The van der Waals surface area contributed by atoms with Crippen LogP contribution in [0.2, 0.25) is 0 Å². The van der Waals surface area contributed by atoms with Gasteiger partial charge in [-0.15, -0.1) is 0 Å². The second-order valence-electron chi connectivity index (χ2n) is 11.9. The van der Waals surface area contributed by atoms with Gasteiger partial charge in [0.25, 0.3) is 0 Å². The molecule has 0 amide bonds. The van der Waals surface area contributed by atoms with Crippen molar-refractivity contribution >= 4 is 44.1 Å². The number of hydrogen-bond acceptors (Lipinski definition) is 2. The van der Waals surface area contributed by atoms with E-state index in [0.29, 0.717) is 0 Å². The third kappa shape index (κ3) is 3.37. The molecule has 8 rings (SSSR count). The molecule has 0 saturated carbocycles. The van der Waals surface area contributed by atoms with Crippen molar-refractivity contribution in [1.82, 2.24) is 0 Å². The molecule has 0 atom stereocenters. The van der Waals surface area contributed by atoms with Crippen LogP contribution < -0.4 is 4.90 Å². The van der Waals surface area contributed by atoms with Crippen LogP contribution in [0.15, 0.2) is 120 Å². The molecule has 0 aliphatic heterocycles. The molecule has 6 aromatic carbocycles. The van der Waals surface area contributed by atoms with Gasteiger partial charge in [-0.05, 0) is 87.0 Å². The minimum atomic E-state index is -0.144. The highest BCUT2D eigenvalue weighted by atomic mass is 16.3. The number of para-hydroxylation sites is 2. The second-order valence-corrected chi connectivity index (χ2v) is 11.9. The SMILES string of the molecule is Cc1ccccc1-c1cc2c(c3ccccc13)-c1ccc(N(C)c3cccc4c3oc3ccccc34)cc1C2(C)C. The third-order valence-electron chi connectivity index (χ3n) is 9.23. The summed E-state index contributed by atoms with van der Waals surface area (Å²) in [4.78, 5) is 2.26. The van der Waals surface area contributed by atoms with E-state index in [4.69, 9.17) is 4.42 Å². The average Bonchev–Trinajstić information content (AvgIpc) is 3.49. The molecule has 0 unspecified atom stereocenters. The molecule has 2 heteroatoms. The average molecular weight is 530 g/mol. The maximum atomic E-state index is 6.38. The zero-order chi connectivity index (χ0) is 27.9. The largest absolute Gasteiger partial charge is 0.454 e. The summed E-state index contributed by atoms with van der Waals surface area (Å²) in [7, 11) is 2.14. The van der Waals surface area contributed by atoms with Crippen LogP contribution in [0.1, 0.15) is 30.5 Å². The van der Waals surface area contributed by atoms with Gasteiger partial charge in [0.2, 0.25) is 0 Å². The maximum Gasteiger partial charge on any atom is 0.159 e. The quantitative estimate of drug-likeness (QED) is 0.226. The topological polar surface area (TPSA) is 16.4 Å². The molecule has 0 N–H and O–H groups in total. The Morgan fingerprint density at radius 1 is 0.585 bits per heavy atom. The minimum Gasteiger partial charge on any atom is -0.454 e. The second kappa shape index (κ2) is 8.59. The fraction of sp³-hybridized carbons (Fsp3) is 0.128. The van der Waals surface area contributed by atoms with Gasteiger partial charge in [-0.25, -0.2) is 0 Å². The molecule has 2 nitrogen and oxygen atoms in total. The lowest BCUT2D eigenvalue weighted by Gasteiger charge is -2.25. The van der Waals surface area contributed by atoms with Crippen molar-refractivity contribution in [2.75, 3.05) is 11.9 Å². The fourth-order valence-corrected chi connectivity index (χ4v) is 7.01. The predicted molar refractivity (Wildman–Crippen MR) is 173 cm³/mol. The molecule has 0 fully saturated rings. The first-order valence-electron chi connectivity index (χ1n) is 14.3. The molecule has 198 valence electrons. The van der Waals surface area contributed by atoms with Crippen molar-refractivity contribution < 1.29 is 4.42 Å². The van der Waals surface area contributed by atoms with Crippen LogP contribution in [0.5, 0.6) is 0 Å². The van der Waals surface area contributed by atoms with Gasteiger partial charge in [-0.1, -0.05) is 98.8 Å². The van der Waals surface area contributed by atoms with Gasteiger partial charge in [-0.3, -0.25) is 0 Å². The van der Waals surface area contributed by atoms with E-state index in [1.165, 1.54) is 49.7 Å².